The average Bonchev–Trinajstić information content (AvgIpc) is 2.40. The Morgan fingerprint density at radius 1 is 0.889 bits per heavy atom. The number of non-ortho nitro benzene ring substituents is 1. The zero-order chi connectivity index (χ0) is 13.0. The van der Waals surface area contributed by atoms with Crippen molar-refractivity contribution in [1.82, 2.24) is 0 Å². The minimum atomic E-state index is -0.556. The van der Waals surface area contributed by atoms with Gasteiger partial charge in [0, 0.05) is 17.2 Å². The second-order valence-corrected chi connectivity index (χ2v) is 3.49. The van der Waals surface area contributed by atoms with Crippen LogP contribution < -0.4 is 0 Å². The van der Waals surface area contributed by atoms with Gasteiger partial charge in [-0.3, -0.25) is 10.1 Å². The van der Waals surface area contributed by atoms with Gasteiger partial charge in [-0.2, -0.15) is 0 Å². The predicted octanol–water partition coefficient (Wildman–Crippen LogP) is 3.52. The van der Waals surface area contributed by atoms with Gasteiger partial charge in [0.1, 0.15) is 5.69 Å². The van der Waals surface area contributed by atoms with Crippen molar-refractivity contribution in [1.29, 1.82) is 0 Å². The monoisotopic (exact) mass is 243 g/mol. The summed E-state index contributed by atoms with van der Waals surface area (Å²) < 4.78 is 0. The lowest BCUT2D eigenvalue weighted by atomic mass is 10.3. The molecule has 2 aromatic carbocycles. The molecule has 0 unspecified atom stereocenters. The van der Waals surface area contributed by atoms with Crippen LogP contribution in [0.25, 0.3) is 0 Å². The van der Waals surface area contributed by atoms with Crippen molar-refractivity contribution in [3.05, 3.63) is 69.9 Å². The summed E-state index contributed by atoms with van der Waals surface area (Å²) in [4.78, 5) is 10.4. The van der Waals surface area contributed by atoms with Crippen LogP contribution in [0.2, 0.25) is 0 Å². The molecule has 6 nitrogen and oxygen atoms in total. The van der Waals surface area contributed by atoms with Gasteiger partial charge in [0.2, 0.25) is 0 Å². The lowest BCUT2D eigenvalue weighted by molar-refractivity contribution is -0.436. The maximum atomic E-state index is 11.7. The SMILES string of the molecule is O=[N+]([O-])c1cccc([N+]([O-])=Nc2ccccc2)c1. The Morgan fingerprint density at radius 3 is 2.22 bits per heavy atom. The molecule has 18 heavy (non-hydrogen) atoms. The molecular weight excluding hydrogens is 234 g/mol. The van der Waals surface area contributed by atoms with Gasteiger partial charge in [-0.15, -0.1) is 0 Å². The number of nitro benzene ring substituents is 1. The van der Waals surface area contributed by atoms with Crippen molar-refractivity contribution in [3.8, 4) is 0 Å². The molecule has 0 aliphatic carbocycles. The predicted molar refractivity (Wildman–Crippen MR) is 64.9 cm³/mol. The quantitative estimate of drug-likeness (QED) is 0.358. The van der Waals surface area contributed by atoms with Gasteiger partial charge >= 0.3 is 0 Å². The molecule has 0 saturated heterocycles. The highest BCUT2D eigenvalue weighted by molar-refractivity contribution is 5.42. The van der Waals surface area contributed by atoms with E-state index in [9.17, 15) is 15.3 Å². The standard InChI is InChI=1S/C12H9N3O3/c16-14(13-10-5-2-1-3-6-10)11-7-4-8-12(9-11)15(17)18/h1-9H. The van der Waals surface area contributed by atoms with Crippen LogP contribution in [0.4, 0.5) is 17.1 Å². The van der Waals surface area contributed by atoms with Gasteiger partial charge < -0.3 is 5.21 Å². The van der Waals surface area contributed by atoms with Crippen LogP contribution in [0.5, 0.6) is 0 Å². The number of azo groups is 1. The summed E-state index contributed by atoms with van der Waals surface area (Å²) in [5, 5.41) is 26.1. The van der Waals surface area contributed by atoms with Crippen LogP contribution in [0.15, 0.2) is 59.7 Å². The van der Waals surface area contributed by atoms with Crippen molar-refractivity contribution in [2.24, 2.45) is 5.11 Å². The van der Waals surface area contributed by atoms with Crippen molar-refractivity contribution in [2.45, 2.75) is 0 Å². The molecule has 0 heterocycles. The van der Waals surface area contributed by atoms with Crippen LogP contribution in [-0.2, 0) is 0 Å². The molecule has 2 aromatic rings. The van der Waals surface area contributed by atoms with E-state index < -0.39 is 4.92 Å². The normalized spacial score (nSPS) is 11.2. The first-order valence-corrected chi connectivity index (χ1v) is 5.15. The van der Waals surface area contributed by atoms with Gasteiger partial charge in [0.05, 0.1) is 11.0 Å². The number of hydrogen-bond acceptors (Lipinski definition) is 4. The van der Waals surface area contributed by atoms with Gasteiger partial charge in [0.25, 0.3) is 11.4 Å². The first-order chi connectivity index (χ1) is 8.66. The summed E-state index contributed by atoms with van der Waals surface area (Å²) in [6.07, 6.45) is 0. The second kappa shape index (κ2) is 5.05. The van der Waals surface area contributed by atoms with Crippen LogP contribution in [0.1, 0.15) is 0 Å². The second-order valence-electron chi connectivity index (χ2n) is 3.49. The van der Waals surface area contributed by atoms with E-state index >= 15 is 0 Å². The highest BCUT2D eigenvalue weighted by Gasteiger charge is 2.11. The van der Waals surface area contributed by atoms with E-state index in [2.05, 4.69) is 5.11 Å². The molecule has 0 bridgehead atoms. The third-order valence-electron chi connectivity index (χ3n) is 2.22. The third-order valence-corrected chi connectivity index (χ3v) is 2.22. The highest BCUT2D eigenvalue weighted by Crippen LogP contribution is 2.21. The minimum absolute atomic E-state index is 0.119. The fraction of sp³-hybridized carbons (Fsp3) is 0. The molecule has 0 N–H and O–H groups in total. The lowest BCUT2D eigenvalue weighted by Gasteiger charge is -1.99. The molecule has 0 spiro atoms. The molecule has 0 aromatic heterocycles. The molecule has 0 aliphatic rings. The molecule has 6 heteroatoms. The molecule has 2 rings (SSSR count). The summed E-state index contributed by atoms with van der Waals surface area (Å²) in [6, 6.07) is 14.1. The van der Waals surface area contributed by atoms with E-state index in [0.717, 1.165) is 0 Å². The molecule has 0 radical (unpaired) electrons. The zero-order valence-corrected chi connectivity index (χ0v) is 9.26. The van der Waals surface area contributed by atoms with Gasteiger partial charge in [-0.25, -0.2) is 0 Å². The fourth-order valence-electron chi connectivity index (χ4n) is 1.38. The molecule has 0 aliphatic heterocycles. The zero-order valence-electron chi connectivity index (χ0n) is 9.26. The van der Waals surface area contributed by atoms with Crippen LogP contribution in [0.3, 0.4) is 0 Å². The van der Waals surface area contributed by atoms with Crippen LogP contribution in [-0.4, -0.2) is 9.78 Å². The van der Waals surface area contributed by atoms with Crippen LogP contribution in [0, 0.1) is 15.3 Å². The average molecular weight is 243 g/mol. The van der Waals surface area contributed by atoms with Gasteiger partial charge in [-0.05, 0) is 23.1 Å². The Morgan fingerprint density at radius 2 is 1.56 bits per heavy atom. The third kappa shape index (κ3) is 2.67. The van der Waals surface area contributed by atoms with Gasteiger partial charge in [0.15, 0.2) is 0 Å². The maximum absolute atomic E-state index is 11.7. The number of nitrogens with zero attached hydrogens (tertiary/aromatic N) is 3. The Hall–Kier alpha value is -2.76. The van der Waals surface area contributed by atoms with Crippen LogP contribution >= 0.6 is 0 Å². The van der Waals surface area contributed by atoms with E-state index in [4.69, 9.17) is 0 Å². The number of benzene rings is 2. The summed E-state index contributed by atoms with van der Waals surface area (Å²) in [5.41, 5.74) is 0.462. The summed E-state index contributed by atoms with van der Waals surface area (Å²) in [5.74, 6) is 0. The van der Waals surface area contributed by atoms with E-state index in [1.165, 1.54) is 24.3 Å². The van der Waals surface area contributed by atoms with E-state index in [1.807, 2.05) is 6.07 Å². The largest absolute Gasteiger partial charge is 0.594 e. The Labute approximate surface area is 103 Å². The minimum Gasteiger partial charge on any atom is -0.594 e. The highest BCUT2D eigenvalue weighted by atomic mass is 16.6. The molecular formula is C12H9N3O3. The number of hydrogen-bond donors (Lipinski definition) is 0. The fourth-order valence-corrected chi connectivity index (χ4v) is 1.38. The van der Waals surface area contributed by atoms with E-state index in [-0.39, 0.29) is 11.4 Å². The van der Waals surface area contributed by atoms with Crippen molar-refractivity contribution >= 4 is 17.1 Å². The Balaban J connectivity index is 2.34. The molecule has 0 fully saturated rings. The van der Waals surface area contributed by atoms with Gasteiger partial charge in [-0.1, -0.05) is 18.2 Å². The van der Waals surface area contributed by atoms with Crippen molar-refractivity contribution in [3.63, 3.8) is 0 Å². The summed E-state index contributed by atoms with van der Waals surface area (Å²) in [6.45, 7) is 0. The molecule has 0 amide bonds. The smallest absolute Gasteiger partial charge is 0.276 e. The number of nitro groups is 1. The summed E-state index contributed by atoms with van der Waals surface area (Å²) >= 11 is 0. The first kappa shape index (κ1) is 11.7. The van der Waals surface area contributed by atoms with Crippen molar-refractivity contribution in [2.75, 3.05) is 0 Å². The summed E-state index contributed by atoms with van der Waals surface area (Å²) in [7, 11) is 0. The van der Waals surface area contributed by atoms with E-state index in [1.54, 1.807) is 24.3 Å². The van der Waals surface area contributed by atoms with Crippen molar-refractivity contribution < 1.29 is 9.78 Å². The molecule has 90 valence electrons. The topological polar surface area (TPSA) is 81.6 Å². The Bertz CT molecular complexity index is 597. The molecule has 0 atom stereocenters. The first-order valence-electron chi connectivity index (χ1n) is 5.15. The molecule has 0 saturated carbocycles. The maximum Gasteiger partial charge on any atom is 0.276 e. The Kier molecular flexibility index (Phi) is 3.29. The van der Waals surface area contributed by atoms with E-state index in [0.29, 0.717) is 10.5 Å². The number of rotatable bonds is 3. The lowest BCUT2D eigenvalue weighted by Crippen LogP contribution is -1.93.